The molecule has 1 rings (SSSR count). The minimum Gasteiger partial charge on any atom is -0.465 e. The Balaban J connectivity index is 2.71. The molecule has 0 bridgehead atoms. The van der Waals surface area contributed by atoms with E-state index in [2.05, 4.69) is 4.99 Å². The first-order chi connectivity index (χ1) is 9.08. The van der Waals surface area contributed by atoms with Gasteiger partial charge in [-0.1, -0.05) is 12.1 Å². The Morgan fingerprint density at radius 1 is 1.53 bits per heavy atom. The molecule has 0 aliphatic heterocycles. The Morgan fingerprint density at radius 2 is 2.16 bits per heavy atom. The van der Waals surface area contributed by atoms with Crippen LogP contribution in [-0.4, -0.2) is 18.8 Å². The van der Waals surface area contributed by atoms with Crippen LogP contribution in [0.25, 0.3) is 0 Å². The van der Waals surface area contributed by atoms with Gasteiger partial charge in [0.15, 0.2) is 5.92 Å². The van der Waals surface area contributed by atoms with Crippen LogP contribution in [0.2, 0.25) is 0 Å². The van der Waals surface area contributed by atoms with Gasteiger partial charge >= 0.3 is 5.97 Å². The van der Waals surface area contributed by atoms with Crippen molar-refractivity contribution in [1.82, 2.24) is 0 Å². The van der Waals surface area contributed by atoms with Gasteiger partial charge < -0.3 is 4.74 Å². The average molecular weight is 262 g/mol. The maximum atomic E-state index is 12.8. The van der Waals surface area contributed by atoms with Crippen molar-refractivity contribution in [2.75, 3.05) is 6.61 Å². The number of esters is 1. The van der Waals surface area contributed by atoms with Crippen LogP contribution < -0.4 is 0 Å². The number of halogens is 1. The van der Waals surface area contributed by atoms with Crippen LogP contribution in [0.15, 0.2) is 29.3 Å². The average Bonchev–Trinajstić information content (AvgIpc) is 2.40. The zero-order chi connectivity index (χ0) is 14.3. The SMILES string of the molecule is CCOC(=O)[C@H](C#N)C=N[C@H](C)c1ccc(F)cc1. The number of rotatable bonds is 5. The Hall–Kier alpha value is -2.22. The van der Waals surface area contributed by atoms with Gasteiger partial charge in [-0.3, -0.25) is 9.79 Å². The fourth-order valence-corrected chi connectivity index (χ4v) is 1.42. The van der Waals surface area contributed by atoms with Gasteiger partial charge in [0.05, 0.1) is 18.7 Å². The van der Waals surface area contributed by atoms with E-state index in [4.69, 9.17) is 10.00 Å². The molecule has 4 nitrogen and oxygen atoms in total. The predicted octanol–water partition coefficient (Wildman–Crippen LogP) is 2.66. The molecule has 0 radical (unpaired) electrons. The lowest BCUT2D eigenvalue weighted by Gasteiger charge is -2.07. The number of nitriles is 1. The molecule has 0 N–H and O–H groups in total. The Labute approximate surface area is 111 Å². The minimum absolute atomic E-state index is 0.221. The molecule has 100 valence electrons. The van der Waals surface area contributed by atoms with Gasteiger partial charge in [0.2, 0.25) is 0 Å². The summed E-state index contributed by atoms with van der Waals surface area (Å²) < 4.78 is 17.5. The number of benzene rings is 1. The van der Waals surface area contributed by atoms with E-state index in [9.17, 15) is 9.18 Å². The Kier molecular flexibility index (Phi) is 5.68. The van der Waals surface area contributed by atoms with Gasteiger partial charge in [-0.25, -0.2) is 4.39 Å². The first-order valence-electron chi connectivity index (χ1n) is 5.93. The van der Waals surface area contributed by atoms with Crippen LogP contribution in [0.3, 0.4) is 0 Å². The Morgan fingerprint density at radius 3 is 2.68 bits per heavy atom. The monoisotopic (exact) mass is 262 g/mol. The van der Waals surface area contributed by atoms with Crippen molar-refractivity contribution < 1.29 is 13.9 Å². The molecule has 1 aromatic carbocycles. The van der Waals surface area contributed by atoms with Crippen LogP contribution in [-0.2, 0) is 9.53 Å². The van der Waals surface area contributed by atoms with Crippen molar-refractivity contribution in [3.63, 3.8) is 0 Å². The van der Waals surface area contributed by atoms with E-state index >= 15 is 0 Å². The number of hydrogen-bond donors (Lipinski definition) is 0. The molecular formula is C14H15FN2O2. The zero-order valence-corrected chi connectivity index (χ0v) is 10.8. The molecule has 0 aliphatic rings. The van der Waals surface area contributed by atoms with Crippen LogP contribution in [0.4, 0.5) is 4.39 Å². The number of carbonyl (C=O) groups is 1. The molecule has 0 aliphatic carbocycles. The molecule has 0 spiro atoms. The van der Waals surface area contributed by atoms with E-state index in [1.54, 1.807) is 26.0 Å². The minimum atomic E-state index is -1.01. The summed E-state index contributed by atoms with van der Waals surface area (Å²) in [6, 6.07) is 7.47. The second-order valence-corrected chi connectivity index (χ2v) is 3.88. The van der Waals surface area contributed by atoms with Gasteiger partial charge in [0.25, 0.3) is 0 Å². The van der Waals surface area contributed by atoms with E-state index in [-0.39, 0.29) is 18.5 Å². The Bertz CT molecular complexity index is 491. The molecule has 0 unspecified atom stereocenters. The zero-order valence-electron chi connectivity index (χ0n) is 10.8. The quantitative estimate of drug-likeness (QED) is 0.605. The lowest BCUT2D eigenvalue weighted by atomic mass is 10.1. The molecule has 0 saturated carbocycles. The smallest absolute Gasteiger partial charge is 0.328 e. The lowest BCUT2D eigenvalue weighted by Crippen LogP contribution is -2.17. The van der Waals surface area contributed by atoms with Crippen LogP contribution in [0.5, 0.6) is 0 Å². The van der Waals surface area contributed by atoms with E-state index in [1.165, 1.54) is 18.3 Å². The molecule has 0 heterocycles. The second-order valence-electron chi connectivity index (χ2n) is 3.88. The van der Waals surface area contributed by atoms with Gasteiger partial charge in [0, 0.05) is 6.21 Å². The van der Waals surface area contributed by atoms with Crippen molar-refractivity contribution in [3.05, 3.63) is 35.6 Å². The molecule has 0 saturated heterocycles. The number of hydrogen-bond acceptors (Lipinski definition) is 4. The van der Waals surface area contributed by atoms with Gasteiger partial charge in [-0.05, 0) is 31.5 Å². The third-order valence-electron chi connectivity index (χ3n) is 2.49. The number of carbonyl (C=O) groups excluding carboxylic acids is 1. The van der Waals surface area contributed by atoms with Crippen molar-refractivity contribution in [2.24, 2.45) is 10.9 Å². The highest BCUT2D eigenvalue weighted by Crippen LogP contribution is 2.16. The van der Waals surface area contributed by atoms with E-state index < -0.39 is 11.9 Å². The first-order valence-corrected chi connectivity index (χ1v) is 5.93. The fraction of sp³-hybridized carbons (Fsp3) is 0.357. The summed E-state index contributed by atoms with van der Waals surface area (Å²) in [6.07, 6.45) is 1.27. The fourth-order valence-electron chi connectivity index (χ4n) is 1.42. The number of nitrogens with zero attached hydrogens (tertiary/aromatic N) is 2. The molecule has 0 amide bonds. The molecule has 19 heavy (non-hydrogen) atoms. The summed E-state index contributed by atoms with van der Waals surface area (Å²) in [4.78, 5) is 15.5. The summed E-state index contributed by atoms with van der Waals surface area (Å²) in [5, 5.41) is 8.85. The summed E-state index contributed by atoms with van der Waals surface area (Å²) in [5.41, 5.74) is 0.804. The van der Waals surface area contributed by atoms with Crippen LogP contribution in [0, 0.1) is 23.1 Å². The maximum Gasteiger partial charge on any atom is 0.328 e. The molecule has 1 aromatic rings. The van der Waals surface area contributed by atoms with Gasteiger partial charge in [0.1, 0.15) is 5.82 Å². The highest BCUT2D eigenvalue weighted by atomic mass is 19.1. The van der Waals surface area contributed by atoms with Crippen LogP contribution in [0.1, 0.15) is 25.5 Å². The second kappa shape index (κ2) is 7.27. The largest absolute Gasteiger partial charge is 0.465 e. The summed E-state index contributed by atoms with van der Waals surface area (Å²) in [6.45, 7) is 3.69. The third-order valence-corrected chi connectivity index (χ3v) is 2.49. The highest BCUT2D eigenvalue weighted by molar-refractivity contribution is 5.92. The standard InChI is InChI=1S/C14H15FN2O2/c1-3-19-14(18)12(8-16)9-17-10(2)11-4-6-13(15)7-5-11/h4-7,9-10,12H,3H2,1-2H3/t10-,12-/m1/s1. The molecule has 0 fully saturated rings. The van der Waals surface area contributed by atoms with E-state index in [1.807, 2.05) is 6.07 Å². The van der Waals surface area contributed by atoms with Crippen molar-refractivity contribution >= 4 is 12.2 Å². The van der Waals surface area contributed by atoms with E-state index in [0.717, 1.165) is 5.56 Å². The van der Waals surface area contributed by atoms with Crippen molar-refractivity contribution in [2.45, 2.75) is 19.9 Å². The van der Waals surface area contributed by atoms with E-state index in [0.29, 0.717) is 0 Å². The third kappa shape index (κ3) is 4.51. The maximum absolute atomic E-state index is 12.8. The molecule has 0 aromatic heterocycles. The lowest BCUT2D eigenvalue weighted by molar-refractivity contribution is -0.143. The first kappa shape index (κ1) is 14.8. The summed E-state index contributed by atoms with van der Waals surface area (Å²) >= 11 is 0. The molecule has 5 heteroatoms. The van der Waals surface area contributed by atoms with Gasteiger partial charge in [-0.2, -0.15) is 5.26 Å². The number of aliphatic imine (C=N–C) groups is 1. The summed E-state index contributed by atoms with van der Waals surface area (Å²) in [5.74, 6) is -1.94. The van der Waals surface area contributed by atoms with Crippen molar-refractivity contribution in [3.8, 4) is 6.07 Å². The van der Waals surface area contributed by atoms with Crippen molar-refractivity contribution in [1.29, 1.82) is 5.26 Å². The predicted molar refractivity (Wildman–Crippen MR) is 69.0 cm³/mol. The summed E-state index contributed by atoms with van der Waals surface area (Å²) in [7, 11) is 0. The normalized spacial score (nSPS) is 13.8. The molecule has 2 atom stereocenters. The van der Waals surface area contributed by atoms with Crippen LogP contribution >= 0.6 is 0 Å². The van der Waals surface area contributed by atoms with Gasteiger partial charge in [-0.15, -0.1) is 0 Å². The highest BCUT2D eigenvalue weighted by Gasteiger charge is 2.16. The molecular weight excluding hydrogens is 247 g/mol. The number of ether oxygens (including phenoxy) is 1. The topological polar surface area (TPSA) is 62.5 Å².